The normalized spacial score (nSPS) is 33.5. The first kappa shape index (κ1) is 17.2. The average Bonchev–Trinajstić information content (AvgIpc) is 2.78. The summed E-state index contributed by atoms with van der Waals surface area (Å²) >= 11 is 0. The van der Waals surface area contributed by atoms with E-state index >= 15 is 0 Å². The van der Waals surface area contributed by atoms with Crippen LogP contribution in [0.15, 0.2) is 0 Å². The monoisotopic (exact) mass is 322 g/mol. The van der Waals surface area contributed by atoms with Gasteiger partial charge in [0, 0.05) is 38.3 Å². The molecule has 0 aromatic rings. The SMILES string of the molecule is CN(C(=O)CC1CNC2(CCOCC2)C1)C1CC(C(C)(C)C)C1. The van der Waals surface area contributed by atoms with Crippen LogP contribution in [0.25, 0.3) is 0 Å². The van der Waals surface area contributed by atoms with Crippen LogP contribution in [-0.4, -0.2) is 49.2 Å². The molecule has 2 aliphatic heterocycles. The van der Waals surface area contributed by atoms with Crippen LogP contribution in [0, 0.1) is 17.3 Å². The van der Waals surface area contributed by atoms with Gasteiger partial charge in [-0.15, -0.1) is 0 Å². The zero-order chi connectivity index (χ0) is 16.7. The highest BCUT2D eigenvalue weighted by Crippen LogP contribution is 2.43. The Labute approximate surface area is 141 Å². The summed E-state index contributed by atoms with van der Waals surface area (Å²) < 4.78 is 5.49. The molecule has 1 aliphatic carbocycles. The number of nitrogens with one attached hydrogen (secondary N) is 1. The minimum atomic E-state index is 0.259. The Morgan fingerprint density at radius 3 is 2.52 bits per heavy atom. The van der Waals surface area contributed by atoms with E-state index in [2.05, 4.69) is 26.1 Å². The van der Waals surface area contributed by atoms with E-state index in [0.29, 0.717) is 29.7 Å². The second-order valence-electron chi connectivity index (χ2n) is 9.24. The molecule has 1 atom stereocenters. The molecule has 1 saturated carbocycles. The number of hydrogen-bond acceptors (Lipinski definition) is 3. The van der Waals surface area contributed by atoms with E-state index in [-0.39, 0.29) is 5.54 Å². The van der Waals surface area contributed by atoms with Crippen molar-refractivity contribution < 1.29 is 9.53 Å². The van der Waals surface area contributed by atoms with Gasteiger partial charge in [0.05, 0.1) is 0 Å². The molecule has 0 radical (unpaired) electrons. The number of nitrogens with zero attached hydrogens (tertiary/aromatic N) is 1. The second kappa shape index (κ2) is 6.36. The highest BCUT2D eigenvalue weighted by Gasteiger charge is 2.43. The third-order valence-electron chi connectivity index (χ3n) is 6.64. The highest BCUT2D eigenvalue weighted by molar-refractivity contribution is 5.76. The molecular formula is C19H34N2O2. The van der Waals surface area contributed by atoms with E-state index in [0.717, 1.165) is 44.9 Å². The average molecular weight is 322 g/mol. The van der Waals surface area contributed by atoms with Crippen LogP contribution in [0.5, 0.6) is 0 Å². The smallest absolute Gasteiger partial charge is 0.222 e. The molecule has 3 fully saturated rings. The van der Waals surface area contributed by atoms with Crippen molar-refractivity contribution in [1.82, 2.24) is 10.2 Å². The molecule has 23 heavy (non-hydrogen) atoms. The number of carbonyl (C=O) groups excluding carboxylic acids is 1. The molecular weight excluding hydrogens is 288 g/mol. The topological polar surface area (TPSA) is 41.6 Å². The van der Waals surface area contributed by atoms with Gasteiger partial charge in [0.15, 0.2) is 0 Å². The lowest BCUT2D eigenvalue weighted by molar-refractivity contribution is -0.136. The summed E-state index contributed by atoms with van der Waals surface area (Å²) in [6.07, 6.45) is 6.41. The molecule has 4 nitrogen and oxygen atoms in total. The third-order valence-corrected chi connectivity index (χ3v) is 6.64. The van der Waals surface area contributed by atoms with Crippen molar-refractivity contribution >= 4 is 5.91 Å². The molecule has 0 aromatic heterocycles. The quantitative estimate of drug-likeness (QED) is 0.869. The van der Waals surface area contributed by atoms with Crippen molar-refractivity contribution in [1.29, 1.82) is 0 Å². The lowest BCUT2D eigenvalue weighted by atomic mass is 9.65. The summed E-state index contributed by atoms with van der Waals surface area (Å²) in [6.45, 7) is 9.66. The number of hydrogen-bond donors (Lipinski definition) is 1. The van der Waals surface area contributed by atoms with E-state index < -0.39 is 0 Å². The van der Waals surface area contributed by atoms with Gasteiger partial charge < -0.3 is 15.0 Å². The van der Waals surface area contributed by atoms with Crippen LogP contribution >= 0.6 is 0 Å². The van der Waals surface area contributed by atoms with E-state index in [1.54, 1.807) is 0 Å². The summed E-state index contributed by atoms with van der Waals surface area (Å²) in [6, 6.07) is 0.470. The first-order valence-electron chi connectivity index (χ1n) is 9.37. The fraction of sp³-hybridized carbons (Fsp3) is 0.947. The molecule has 3 aliphatic rings. The van der Waals surface area contributed by atoms with Crippen LogP contribution in [0.1, 0.15) is 59.3 Å². The van der Waals surface area contributed by atoms with Crippen molar-refractivity contribution in [3.8, 4) is 0 Å². The van der Waals surface area contributed by atoms with Crippen molar-refractivity contribution in [3.63, 3.8) is 0 Å². The minimum Gasteiger partial charge on any atom is -0.381 e. The molecule has 1 spiro atoms. The van der Waals surface area contributed by atoms with E-state index in [9.17, 15) is 4.79 Å². The molecule has 1 amide bonds. The second-order valence-corrected chi connectivity index (χ2v) is 9.24. The van der Waals surface area contributed by atoms with Gasteiger partial charge in [-0.05, 0) is 55.9 Å². The molecule has 3 rings (SSSR count). The Balaban J connectivity index is 1.45. The molecule has 1 N–H and O–H groups in total. The molecule has 0 bridgehead atoms. The molecule has 4 heteroatoms. The largest absolute Gasteiger partial charge is 0.381 e. The standard InChI is InChI=1S/C19H34N2O2/c1-18(2,3)15-10-16(11-15)21(4)17(22)9-14-12-19(20-13-14)5-7-23-8-6-19/h14-16,20H,5-13H2,1-4H3. The van der Waals surface area contributed by atoms with Gasteiger partial charge in [0.1, 0.15) is 0 Å². The summed E-state index contributed by atoms with van der Waals surface area (Å²) in [5.41, 5.74) is 0.640. The Hall–Kier alpha value is -0.610. The van der Waals surface area contributed by atoms with Crippen molar-refractivity contribution in [2.75, 3.05) is 26.8 Å². The van der Waals surface area contributed by atoms with Crippen molar-refractivity contribution in [2.45, 2.75) is 70.9 Å². The number of rotatable bonds is 3. The van der Waals surface area contributed by atoms with Crippen LogP contribution in [0.4, 0.5) is 0 Å². The predicted octanol–water partition coefficient (Wildman–Crippen LogP) is 2.82. The van der Waals surface area contributed by atoms with Crippen LogP contribution in [0.2, 0.25) is 0 Å². The summed E-state index contributed by atoms with van der Waals surface area (Å²) in [7, 11) is 2.01. The van der Waals surface area contributed by atoms with Gasteiger partial charge in [-0.3, -0.25) is 4.79 Å². The van der Waals surface area contributed by atoms with Gasteiger partial charge in [-0.2, -0.15) is 0 Å². The first-order valence-corrected chi connectivity index (χ1v) is 9.37. The molecule has 0 aromatic carbocycles. The molecule has 1 unspecified atom stereocenters. The maximum absolute atomic E-state index is 12.6. The fourth-order valence-electron chi connectivity index (χ4n) is 4.55. The highest BCUT2D eigenvalue weighted by atomic mass is 16.5. The zero-order valence-corrected chi connectivity index (χ0v) is 15.4. The summed E-state index contributed by atoms with van der Waals surface area (Å²) in [5, 5.41) is 3.70. The molecule has 2 heterocycles. The fourth-order valence-corrected chi connectivity index (χ4v) is 4.55. The van der Waals surface area contributed by atoms with Gasteiger partial charge in [-0.1, -0.05) is 20.8 Å². The van der Waals surface area contributed by atoms with E-state index in [1.165, 1.54) is 12.8 Å². The summed E-state index contributed by atoms with van der Waals surface area (Å²) in [4.78, 5) is 14.7. The van der Waals surface area contributed by atoms with Crippen molar-refractivity contribution in [2.24, 2.45) is 17.3 Å². The molecule has 132 valence electrons. The van der Waals surface area contributed by atoms with E-state index in [4.69, 9.17) is 4.74 Å². The van der Waals surface area contributed by atoms with Crippen molar-refractivity contribution in [3.05, 3.63) is 0 Å². The maximum atomic E-state index is 12.6. The lowest BCUT2D eigenvalue weighted by Crippen LogP contribution is -2.49. The van der Waals surface area contributed by atoms with Gasteiger partial charge in [-0.25, -0.2) is 0 Å². The number of carbonyl (C=O) groups is 1. The summed E-state index contributed by atoms with van der Waals surface area (Å²) in [5.74, 6) is 1.61. The predicted molar refractivity (Wildman–Crippen MR) is 92.2 cm³/mol. The van der Waals surface area contributed by atoms with Crippen LogP contribution < -0.4 is 5.32 Å². The Morgan fingerprint density at radius 1 is 1.26 bits per heavy atom. The lowest BCUT2D eigenvalue weighted by Gasteiger charge is -2.47. The third kappa shape index (κ3) is 3.74. The van der Waals surface area contributed by atoms with Crippen LogP contribution in [-0.2, 0) is 9.53 Å². The number of amides is 1. The number of ether oxygens (including phenoxy) is 1. The first-order chi connectivity index (χ1) is 10.8. The van der Waals surface area contributed by atoms with Crippen LogP contribution in [0.3, 0.4) is 0 Å². The van der Waals surface area contributed by atoms with Gasteiger partial charge in [0.2, 0.25) is 5.91 Å². The minimum absolute atomic E-state index is 0.259. The van der Waals surface area contributed by atoms with Gasteiger partial charge in [0.25, 0.3) is 0 Å². The Bertz CT molecular complexity index is 431. The van der Waals surface area contributed by atoms with Gasteiger partial charge >= 0.3 is 0 Å². The maximum Gasteiger partial charge on any atom is 0.222 e. The Morgan fingerprint density at radius 2 is 1.91 bits per heavy atom. The Kier molecular flexibility index (Phi) is 4.76. The zero-order valence-electron chi connectivity index (χ0n) is 15.4. The molecule has 2 saturated heterocycles. The van der Waals surface area contributed by atoms with E-state index in [1.807, 2.05) is 11.9 Å².